The van der Waals surface area contributed by atoms with Gasteiger partial charge >= 0.3 is 0 Å². The molecule has 2 atom stereocenters. The fourth-order valence-electron chi connectivity index (χ4n) is 0.770. The summed E-state index contributed by atoms with van der Waals surface area (Å²) in [6.45, 7) is 3.93. The Morgan fingerprint density at radius 3 is 2.71 bits per heavy atom. The molecule has 1 N–H and O–H groups in total. The van der Waals surface area contributed by atoms with Crippen LogP contribution in [-0.4, -0.2) is 21.8 Å². The van der Waals surface area contributed by atoms with Gasteiger partial charge in [0, 0.05) is 10.9 Å². The van der Waals surface area contributed by atoms with Crippen molar-refractivity contribution in [1.29, 1.82) is 0 Å². The topological polar surface area (TPSA) is 42.0 Å². The number of alkyl halides is 1. The maximum Gasteiger partial charge on any atom is 0.272 e. The number of halogens is 2. The number of rotatable bonds is 3. The van der Waals surface area contributed by atoms with Crippen LogP contribution in [0.25, 0.3) is 0 Å². The van der Waals surface area contributed by atoms with E-state index in [1.54, 1.807) is 5.51 Å². The van der Waals surface area contributed by atoms with Gasteiger partial charge in [-0.05, 0) is 22.9 Å². The molecule has 1 heterocycles. The largest absolute Gasteiger partial charge is 0.347 e. The zero-order valence-electron chi connectivity index (χ0n) is 7.75. The molecular weight excluding hydrogens is 332 g/mol. The molecule has 0 radical (unpaired) electrons. The van der Waals surface area contributed by atoms with Crippen molar-refractivity contribution in [3.05, 3.63) is 15.0 Å². The second-order valence-corrected chi connectivity index (χ2v) is 6.53. The van der Waals surface area contributed by atoms with Crippen LogP contribution in [0.5, 0.6) is 0 Å². The summed E-state index contributed by atoms with van der Waals surface area (Å²) >= 11 is 8.08. The lowest BCUT2D eigenvalue weighted by molar-refractivity contribution is 0.0935. The Labute approximate surface area is 104 Å². The van der Waals surface area contributed by atoms with Gasteiger partial charge in [-0.1, -0.05) is 22.9 Å². The van der Waals surface area contributed by atoms with Crippen LogP contribution in [0, 0.1) is 0 Å². The molecule has 0 saturated heterocycles. The molecule has 0 aliphatic heterocycles. The van der Waals surface area contributed by atoms with Crippen LogP contribution in [0.15, 0.2) is 9.30 Å². The van der Waals surface area contributed by atoms with E-state index in [9.17, 15) is 4.79 Å². The average Bonchev–Trinajstić information content (AvgIpc) is 2.51. The van der Waals surface area contributed by atoms with Crippen LogP contribution in [0.2, 0.25) is 0 Å². The molecule has 0 bridgehead atoms. The molecule has 2 unspecified atom stereocenters. The molecule has 1 aromatic heterocycles. The molecule has 3 nitrogen and oxygen atoms in total. The number of thiazole rings is 1. The lowest BCUT2D eigenvalue weighted by Crippen LogP contribution is -2.37. The van der Waals surface area contributed by atoms with Gasteiger partial charge in [-0.2, -0.15) is 0 Å². The van der Waals surface area contributed by atoms with Crippen LogP contribution in [0.1, 0.15) is 24.3 Å². The Kier molecular flexibility index (Phi) is 4.53. The highest BCUT2D eigenvalue weighted by Crippen LogP contribution is 2.20. The van der Waals surface area contributed by atoms with Crippen LogP contribution in [0.4, 0.5) is 0 Å². The summed E-state index contributed by atoms with van der Waals surface area (Å²) in [7, 11) is 0. The van der Waals surface area contributed by atoms with Crippen molar-refractivity contribution >= 4 is 49.1 Å². The van der Waals surface area contributed by atoms with Gasteiger partial charge in [-0.3, -0.25) is 4.79 Å². The first-order valence-corrected chi connectivity index (χ1v) is 6.65. The summed E-state index contributed by atoms with van der Waals surface area (Å²) in [4.78, 5) is 15.8. The molecule has 78 valence electrons. The maximum absolute atomic E-state index is 11.6. The van der Waals surface area contributed by atoms with E-state index in [1.807, 2.05) is 13.8 Å². The van der Waals surface area contributed by atoms with Crippen LogP contribution in [-0.2, 0) is 0 Å². The van der Waals surface area contributed by atoms with Gasteiger partial charge in [0.1, 0.15) is 3.79 Å². The smallest absolute Gasteiger partial charge is 0.272 e. The third kappa shape index (κ3) is 3.03. The zero-order chi connectivity index (χ0) is 10.7. The molecule has 0 aliphatic carbocycles. The van der Waals surface area contributed by atoms with Gasteiger partial charge in [-0.25, -0.2) is 4.98 Å². The molecule has 6 heteroatoms. The monoisotopic (exact) mass is 340 g/mol. The van der Waals surface area contributed by atoms with Crippen molar-refractivity contribution < 1.29 is 4.79 Å². The van der Waals surface area contributed by atoms with E-state index >= 15 is 0 Å². The Bertz CT molecular complexity index is 327. The number of amides is 1. The Balaban J connectivity index is 2.64. The van der Waals surface area contributed by atoms with E-state index in [2.05, 4.69) is 42.2 Å². The summed E-state index contributed by atoms with van der Waals surface area (Å²) in [6.07, 6.45) is 0. The molecule has 0 fully saturated rings. The number of nitrogens with zero attached hydrogens (tertiary/aromatic N) is 1. The van der Waals surface area contributed by atoms with Gasteiger partial charge in [0.15, 0.2) is 5.69 Å². The highest BCUT2D eigenvalue weighted by molar-refractivity contribution is 9.11. The second-order valence-electron chi connectivity index (χ2n) is 2.91. The molecule has 1 amide bonds. The number of aromatic nitrogens is 1. The fourth-order valence-corrected chi connectivity index (χ4v) is 1.94. The quantitative estimate of drug-likeness (QED) is 0.859. The van der Waals surface area contributed by atoms with Crippen molar-refractivity contribution in [1.82, 2.24) is 10.3 Å². The summed E-state index contributed by atoms with van der Waals surface area (Å²) in [5, 5.41) is 2.85. The predicted octanol–water partition coefficient (Wildman–Crippen LogP) is 2.81. The first-order chi connectivity index (χ1) is 6.52. The van der Waals surface area contributed by atoms with E-state index < -0.39 is 0 Å². The summed E-state index contributed by atoms with van der Waals surface area (Å²) < 4.78 is 0.768. The summed E-state index contributed by atoms with van der Waals surface area (Å²) in [6, 6.07) is 0.0797. The molecule has 14 heavy (non-hydrogen) atoms. The van der Waals surface area contributed by atoms with Crippen LogP contribution < -0.4 is 5.32 Å². The Hall–Kier alpha value is 0.0600. The van der Waals surface area contributed by atoms with Gasteiger partial charge in [0.2, 0.25) is 0 Å². The second kappa shape index (κ2) is 5.23. The third-order valence-corrected chi connectivity index (χ3v) is 4.13. The SMILES string of the molecule is CC(Br)C(C)NC(=O)c1ncsc1Br. The summed E-state index contributed by atoms with van der Waals surface area (Å²) in [5.41, 5.74) is 2.09. The van der Waals surface area contributed by atoms with Crippen molar-refractivity contribution in [3.8, 4) is 0 Å². The van der Waals surface area contributed by atoms with E-state index in [1.165, 1.54) is 11.3 Å². The minimum absolute atomic E-state index is 0.0797. The van der Waals surface area contributed by atoms with E-state index in [0.717, 1.165) is 3.79 Å². The molecule has 0 aliphatic rings. The molecule has 1 rings (SSSR count). The van der Waals surface area contributed by atoms with E-state index in [-0.39, 0.29) is 16.8 Å². The number of nitrogens with one attached hydrogen (secondary N) is 1. The van der Waals surface area contributed by atoms with Gasteiger partial charge in [0.05, 0.1) is 5.51 Å². The van der Waals surface area contributed by atoms with Crippen molar-refractivity contribution in [3.63, 3.8) is 0 Å². The average molecular weight is 342 g/mol. The highest BCUT2D eigenvalue weighted by atomic mass is 79.9. The van der Waals surface area contributed by atoms with E-state index in [4.69, 9.17) is 0 Å². The molecular formula is C8H10Br2N2OS. The third-order valence-electron chi connectivity index (χ3n) is 1.79. The zero-order valence-corrected chi connectivity index (χ0v) is 11.7. The number of hydrogen-bond acceptors (Lipinski definition) is 3. The lowest BCUT2D eigenvalue weighted by atomic mass is 10.2. The van der Waals surface area contributed by atoms with Crippen LogP contribution in [0.3, 0.4) is 0 Å². The van der Waals surface area contributed by atoms with Crippen molar-refractivity contribution in [2.75, 3.05) is 0 Å². The molecule has 0 aromatic carbocycles. The highest BCUT2D eigenvalue weighted by Gasteiger charge is 2.17. The lowest BCUT2D eigenvalue weighted by Gasteiger charge is -2.15. The Morgan fingerprint density at radius 2 is 2.29 bits per heavy atom. The molecule has 0 saturated carbocycles. The maximum atomic E-state index is 11.6. The van der Waals surface area contributed by atoms with Crippen LogP contribution >= 0.6 is 43.2 Å². The predicted molar refractivity (Wildman–Crippen MR) is 65.1 cm³/mol. The van der Waals surface area contributed by atoms with Crippen molar-refractivity contribution in [2.45, 2.75) is 24.7 Å². The summed E-state index contributed by atoms with van der Waals surface area (Å²) in [5.74, 6) is -0.142. The standard InChI is InChI=1S/C8H10Br2N2OS/c1-4(9)5(2)12-8(13)6-7(10)14-3-11-6/h3-5H,1-2H3,(H,12,13). The number of carbonyl (C=O) groups is 1. The normalized spacial score (nSPS) is 14.9. The first kappa shape index (κ1) is 12.1. The minimum atomic E-state index is -0.142. The van der Waals surface area contributed by atoms with Gasteiger partial charge in [-0.15, -0.1) is 11.3 Å². The van der Waals surface area contributed by atoms with Gasteiger partial charge < -0.3 is 5.32 Å². The molecule has 1 aromatic rings. The van der Waals surface area contributed by atoms with Gasteiger partial charge in [0.25, 0.3) is 5.91 Å². The number of carbonyl (C=O) groups excluding carboxylic acids is 1. The first-order valence-electron chi connectivity index (χ1n) is 4.06. The minimum Gasteiger partial charge on any atom is -0.347 e. The molecule has 0 spiro atoms. The van der Waals surface area contributed by atoms with Crippen molar-refractivity contribution in [2.24, 2.45) is 0 Å². The van der Waals surface area contributed by atoms with E-state index in [0.29, 0.717) is 5.69 Å². The Morgan fingerprint density at radius 1 is 1.64 bits per heavy atom. The fraction of sp³-hybridized carbons (Fsp3) is 0.500. The number of hydrogen-bond donors (Lipinski definition) is 1.